The maximum Gasteiger partial charge on any atom is 0.339 e. The standard InChI is InChI=1S/C20H27BrO5/c1-10(2)12-6-7-20(4,9-14(22)26-5)16(12)13-8-11(3)17(21)18(23)15(13)19(24)25/h8,10,12,16,23H,6-7,9H2,1-5H3,(H,24,25). The Kier molecular flexibility index (Phi) is 6.06. The molecule has 1 aromatic carbocycles. The molecule has 3 unspecified atom stereocenters. The van der Waals surface area contributed by atoms with E-state index < -0.39 is 11.4 Å². The molecule has 0 bridgehead atoms. The van der Waals surface area contributed by atoms with Gasteiger partial charge in [0.05, 0.1) is 18.0 Å². The predicted molar refractivity (Wildman–Crippen MR) is 103 cm³/mol. The zero-order valence-electron chi connectivity index (χ0n) is 15.9. The Morgan fingerprint density at radius 3 is 2.54 bits per heavy atom. The normalized spacial score (nSPS) is 25.5. The largest absolute Gasteiger partial charge is 0.506 e. The SMILES string of the molecule is COC(=O)CC1(C)CCC(C(C)C)C1c1cc(C)c(Br)c(O)c1C(=O)O. The first-order chi connectivity index (χ1) is 12.0. The Labute approximate surface area is 162 Å². The van der Waals surface area contributed by atoms with Crippen LogP contribution in [0.4, 0.5) is 0 Å². The molecule has 0 saturated heterocycles. The van der Waals surface area contributed by atoms with E-state index in [0.717, 1.165) is 18.4 Å². The van der Waals surface area contributed by atoms with Crippen molar-refractivity contribution in [3.05, 3.63) is 27.2 Å². The summed E-state index contributed by atoms with van der Waals surface area (Å²) in [4.78, 5) is 24.0. The van der Waals surface area contributed by atoms with Gasteiger partial charge in [-0.3, -0.25) is 4.79 Å². The molecule has 2 N–H and O–H groups in total. The molecule has 2 rings (SSSR count). The first-order valence-electron chi connectivity index (χ1n) is 8.85. The lowest BCUT2D eigenvalue weighted by Crippen LogP contribution is -2.30. The van der Waals surface area contributed by atoms with Crippen LogP contribution in [0.5, 0.6) is 5.75 Å². The van der Waals surface area contributed by atoms with E-state index in [4.69, 9.17) is 4.74 Å². The summed E-state index contributed by atoms with van der Waals surface area (Å²) in [5.41, 5.74) is 0.894. The highest BCUT2D eigenvalue weighted by Gasteiger charge is 2.49. The lowest BCUT2D eigenvalue weighted by Gasteiger charge is -2.36. The predicted octanol–water partition coefficient (Wildman–Crippen LogP) is 4.88. The van der Waals surface area contributed by atoms with Crippen LogP contribution in [0, 0.1) is 24.2 Å². The molecule has 5 nitrogen and oxygen atoms in total. The second kappa shape index (κ2) is 7.59. The first kappa shape index (κ1) is 20.7. The molecule has 26 heavy (non-hydrogen) atoms. The molecule has 1 aliphatic carbocycles. The van der Waals surface area contributed by atoms with E-state index in [1.807, 2.05) is 19.9 Å². The summed E-state index contributed by atoms with van der Waals surface area (Å²) in [5, 5.41) is 20.3. The molecular formula is C20H27BrO5. The number of aryl methyl sites for hydroxylation is 1. The van der Waals surface area contributed by atoms with Crippen molar-refractivity contribution in [3.63, 3.8) is 0 Å². The minimum atomic E-state index is -1.16. The van der Waals surface area contributed by atoms with Gasteiger partial charge in [0.15, 0.2) is 0 Å². The van der Waals surface area contributed by atoms with E-state index in [1.165, 1.54) is 7.11 Å². The fourth-order valence-corrected chi connectivity index (χ4v) is 4.84. The number of carboxylic acids is 1. The first-order valence-corrected chi connectivity index (χ1v) is 9.64. The number of aromatic carboxylic acids is 1. The molecule has 0 radical (unpaired) electrons. The molecular weight excluding hydrogens is 400 g/mol. The second-order valence-electron chi connectivity index (χ2n) is 7.96. The van der Waals surface area contributed by atoms with Crippen molar-refractivity contribution < 1.29 is 24.5 Å². The average Bonchev–Trinajstić information content (AvgIpc) is 2.88. The van der Waals surface area contributed by atoms with E-state index in [1.54, 1.807) is 0 Å². The van der Waals surface area contributed by atoms with Gasteiger partial charge in [-0.1, -0.05) is 26.8 Å². The van der Waals surface area contributed by atoms with E-state index >= 15 is 0 Å². The molecule has 144 valence electrons. The minimum Gasteiger partial charge on any atom is -0.506 e. The van der Waals surface area contributed by atoms with E-state index in [9.17, 15) is 19.8 Å². The molecule has 0 amide bonds. The van der Waals surface area contributed by atoms with Crippen LogP contribution in [-0.2, 0) is 9.53 Å². The summed E-state index contributed by atoms with van der Waals surface area (Å²) in [7, 11) is 1.37. The lowest BCUT2D eigenvalue weighted by molar-refractivity contribution is -0.143. The summed E-state index contributed by atoms with van der Waals surface area (Å²) in [5.74, 6) is -1.30. The quantitative estimate of drug-likeness (QED) is 0.655. The average molecular weight is 427 g/mol. The van der Waals surface area contributed by atoms with Crippen molar-refractivity contribution in [2.75, 3.05) is 7.11 Å². The zero-order chi connectivity index (χ0) is 19.8. The van der Waals surface area contributed by atoms with E-state index in [-0.39, 0.29) is 35.5 Å². The fourth-order valence-electron chi connectivity index (χ4n) is 4.53. The maximum atomic E-state index is 12.0. The van der Waals surface area contributed by atoms with Crippen LogP contribution in [0.1, 0.15) is 67.4 Å². The van der Waals surface area contributed by atoms with Crippen LogP contribution in [0.25, 0.3) is 0 Å². The number of benzene rings is 1. The van der Waals surface area contributed by atoms with E-state index in [0.29, 0.717) is 16.0 Å². The van der Waals surface area contributed by atoms with Crippen molar-refractivity contribution in [2.24, 2.45) is 17.3 Å². The van der Waals surface area contributed by atoms with Gasteiger partial charge < -0.3 is 14.9 Å². The molecule has 0 heterocycles. The number of ether oxygens (including phenoxy) is 1. The van der Waals surface area contributed by atoms with Crippen LogP contribution in [-0.4, -0.2) is 29.3 Å². The molecule has 0 aromatic heterocycles. The van der Waals surface area contributed by atoms with Gasteiger partial charge in [0.2, 0.25) is 0 Å². The van der Waals surface area contributed by atoms with Crippen molar-refractivity contribution in [3.8, 4) is 5.75 Å². The number of methoxy groups -OCH3 is 1. The van der Waals surface area contributed by atoms with Crippen LogP contribution in [0.3, 0.4) is 0 Å². The molecule has 1 fully saturated rings. The summed E-state index contributed by atoms with van der Waals surface area (Å²) < 4.78 is 5.29. The third kappa shape index (κ3) is 3.61. The smallest absolute Gasteiger partial charge is 0.339 e. The van der Waals surface area contributed by atoms with Gasteiger partial charge in [0.25, 0.3) is 0 Å². The molecule has 1 saturated carbocycles. The van der Waals surface area contributed by atoms with Gasteiger partial charge in [0, 0.05) is 0 Å². The monoisotopic (exact) mass is 426 g/mol. The Balaban J connectivity index is 2.70. The molecule has 1 aromatic rings. The summed E-state index contributed by atoms with van der Waals surface area (Å²) in [6.45, 7) is 8.09. The number of aromatic hydroxyl groups is 1. The van der Waals surface area contributed by atoms with Crippen LogP contribution in [0.15, 0.2) is 10.5 Å². The number of hydrogen-bond acceptors (Lipinski definition) is 4. The molecule has 6 heteroatoms. The number of hydrogen-bond donors (Lipinski definition) is 2. The number of carboxylic acid groups (broad SMARTS) is 1. The Morgan fingerprint density at radius 2 is 2.04 bits per heavy atom. The minimum absolute atomic E-state index is 0.0730. The number of halogens is 1. The van der Waals surface area contributed by atoms with Crippen LogP contribution in [0.2, 0.25) is 0 Å². The van der Waals surface area contributed by atoms with Crippen molar-refractivity contribution in [1.82, 2.24) is 0 Å². The van der Waals surface area contributed by atoms with Crippen LogP contribution >= 0.6 is 15.9 Å². The van der Waals surface area contributed by atoms with Gasteiger partial charge in [-0.25, -0.2) is 4.79 Å². The van der Waals surface area contributed by atoms with Crippen molar-refractivity contribution in [2.45, 2.75) is 52.9 Å². The maximum absolute atomic E-state index is 12.0. The summed E-state index contributed by atoms with van der Waals surface area (Å²) in [6, 6.07) is 1.84. The summed E-state index contributed by atoms with van der Waals surface area (Å²) >= 11 is 3.28. The second-order valence-corrected chi connectivity index (χ2v) is 8.75. The Hall–Kier alpha value is -1.56. The van der Waals surface area contributed by atoms with Gasteiger partial charge in [-0.15, -0.1) is 0 Å². The van der Waals surface area contributed by atoms with Crippen LogP contribution < -0.4 is 0 Å². The van der Waals surface area contributed by atoms with Gasteiger partial charge in [-0.05, 0) is 70.0 Å². The number of rotatable bonds is 5. The highest BCUT2D eigenvalue weighted by Crippen LogP contribution is 2.58. The molecule has 1 aliphatic rings. The lowest BCUT2D eigenvalue weighted by atomic mass is 9.67. The molecule has 3 atom stereocenters. The third-order valence-corrected chi connectivity index (χ3v) is 6.86. The topological polar surface area (TPSA) is 83.8 Å². The van der Waals surface area contributed by atoms with Gasteiger partial charge in [-0.2, -0.15) is 0 Å². The van der Waals surface area contributed by atoms with Crippen molar-refractivity contribution >= 4 is 27.9 Å². The van der Waals surface area contributed by atoms with E-state index in [2.05, 4.69) is 29.8 Å². The highest BCUT2D eigenvalue weighted by atomic mass is 79.9. The third-order valence-electron chi connectivity index (χ3n) is 5.86. The number of esters is 1. The van der Waals surface area contributed by atoms with Crippen molar-refractivity contribution in [1.29, 1.82) is 0 Å². The molecule has 0 aliphatic heterocycles. The highest BCUT2D eigenvalue weighted by molar-refractivity contribution is 9.10. The number of phenols is 1. The Bertz CT molecular complexity index is 727. The van der Waals surface area contributed by atoms with Gasteiger partial charge >= 0.3 is 11.9 Å². The van der Waals surface area contributed by atoms with Gasteiger partial charge in [0.1, 0.15) is 11.3 Å². The number of carbonyl (C=O) groups is 2. The zero-order valence-corrected chi connectivity index (χ0v) is 17.5. The Morgan fingerprint density at radius 1 is 1.42 bits per heavy atom. The number of carbonyl (C=O) groups excluding carboxylic acids is 1. The summed E-state index contributed by atoms with van der Waals surface area (Å²) in [6.07, 6.45) is 1.95. The fraction of sp³-hybridized carbons (Fsp3) is 0.600. The molecule has 0 spiro atoms.